The second-order valence-corrected chi connectivity index (χ2v) is 4.68. The summed E-state index contributed by atoms with van der Waals surface area (Å²) < 4.78 is 5.12. The minimum absolute atomic E-state index is 0.481. The molecule has 1 heterocycles. The number of aromatic nitrogens is 2. The van der Waals surface area contributed by atoms with Gasteiger partial charge in [0, 0.05) is 6.54 Å². The molecule has 0 radical (unpaired) electrons. The number of rotatable bonds is 4. The Morgan fingerprint density at radius 2 is 2.10 bits per heavy atom. The van der Waals surface area contributed by atoms with Crippen molar-refractivity contribution in [2.24, 2.45) is 0 Å². The fourth-order valence-corrected chi connectivity index (χ4v) is 1.95. The van der Waals surface area contributed by atoms with E-state index >= 15 is 0 Å². The molecule has 2 rings (SSSR count). The Morgan fingerprint density at radius 3 is 2.71 bits per heavy atom. The zero-order valence-electron chi connectivity index (χ0n) is 12.3. The summed E-state index contributed by atoms with van der Waals surface area (Å²) in [5.74, 6) is 1.12. The summed E-state index contributed by atoms with van der Waals surface area (Å²) in [6, 6.07) is 7.70. The lowest BCUT2D eigenvalue weighted by molar-refractivity contribution is 0.417. The molecule has 6 nitrogen and oxygen atoms in total. The van der Waals surface area contributed by atoms with Crippen LogP contribution in [0.3, 0.4) is 0 Å². The maximum atomic E-state index is 9.24. The van der Waals surface area contributed by atoms with Crippen LogP contribution < -0.4 is 15.8 Å². The van der Waals surface area contributed by atoms with Gasteiger partial charge in [-0.15, -0.1) is 5.10 Å². The molecule has 0 fully saturated rings. The van der Waals surface area contributed by atoms with Crippen LogP contribution in [0.15, 0.2) is 18.2 Å². The number of nitrogens with zero attached hydrogens (tertiary/aromatic N) is 3. The number of nitrogen functional groups attached to an aromatic ring is 1. The molecule has 108 valence electrons. The van der Waals surface area contributed by atoms with Crippen molar-refractivity contribution in [3.05, 3.63) is 40.6 Å². The number of hydrogen-bond acceptors (Lipinski definition) is 6. The summed E-state index contributed by atoms with van der Waals surface area (Å²) in [5, 5.41) is 20.4. The van der Waals surface area contributed by atoms with Crippen molar-refractivity contribution in [1.29, 1.82) is 5.26 Å². The normalized spacial score (nSPS) is 10.0. The summed E-state index contributed by atoms with van der Waals surface area (Å²) in [7, 11) is 1.58. The SMILES string of the molecule is COc1ccc(CNc2nnc(C)c(C)c2C#N)cc1N. The number of benzene rings is 1. The first-order chi connectivity index (χ1) is 10.1. The van der Waals surface area contributed by atoms with E-state index in [1.807, 2.05) is 32.0 Å². The fraction of sp³-hybridized carbons (Fsp3) is 0.267. The average Bonchev–Trinajstić information content (AvgIpc) is 2.48. The molecule has 2 aromatic rings. The topological polar surface area (TPSA) is 96.8 Å². The van der Waals surface area contributed by atoms with E-state index in [0.29, 0.717) is 29.4 Å². The first-order valence-corrected chi connectivity index (χ1v) is 6.47. The molecule has 0 spiro atoms. The Balaban J connectivity index is 2.19. The predicted octanol–water partition coefficient (Wildman–Crippen LogP) is 2.17. The van der Waals surface area contributed by atoms with Crippen molar-refractivity contribution < 1.29 is 4.74 Å². The molecule has 3 N–H and O–H groups in total. The number of anilines is 2. The quantitative estimate of drug-likeness (QED) is 0.835. The van der Waals surface area contributed by atoms with E-state index in [-0.39, 0.29) is 0 Å². The number of nitriles is 1. The lowest BCUT2D eigenvalue weighted by atomic mass is 10.1. The number of hydrogen-bond donors (Lipinski definition) is 2. The Hall–Kier alpha value is -2.81. The van der Waals surface area contributed by atoms with E-state index in [1.54, 1.807) is 7.11 Å². The third-order valence-corrected chi connectivity index (χ3v) is 3.32. The van der Waals surface area contributed by atoms with Crippen molar-refractivity contribution in [3.63, 3.8) is 0 Å². The van der Waals surface area contributed by atoms with Gasteiger partial charge in [0.15, 0.2) is 5.82 Å². The number of aryl methyl sites for hydroxylation is 1. The third-order valence-electron chi connectivity index (χ3n) is 3.32. The van der Waals surface area contributed by atoms with Crippen molar-refractivity contribution >= 4 is 11.5 Å². The maximum Gasteiger partial charge on any atom is 0.167 e. The van der Waals surface area contributed by atoms with E-state index in [4.69, 9.17) is 10.5 Å². The lowest BCUT2D eigenvalue weighted by Gasteiger charge is -2.11. The number of nitrogens with two attached hydrogens (primary N) is 1. The van der Waals surface area contributed by atoms with Crippen molar-refractivity contribution in [2.45, 2.75) is 20.4 Å². The van der Waals surface area contributed by atoms with Crippen LogP contribution in [0, 0.1) is 25.2 Å². The zero-order valence-corrected chi connectivity index (χ0v) is 12.3. The van der Waals surface area contributed by atoms with E-state index < -0.39 is 0 Å². The van der Waals surface area contributed by atoms with Crippen LogP contribution in [-0.4, -0.2) is 17.3 Å². The molecule has 0 bridgehead atoms. The van der Waals surface area contributed by atoms with Gasteiger partial charge in [-0.05, 0) is 37.1 Å². The highest BCUT2D eigenvalue weighted by Crippen LogP contribution is 2.23. The van der Waals surface area contributed by atoms with Crippen molar-refractivity contribution in [1.82, 2.24) is 10.2 Å². The number of nitrogens with one attached hydrogen (secondary N) is 1. The van der Waals surface area contributed by atoms with Crippen LogP contribution >= 0.6 is 0 Å². The Labute approximate surface area is 123 Å². The second kappa shape index (κ2) is 6.09. The van der Waals surface area contributed by atoms with Crippen molar-refractivity contribution in [3.8, 4) is 11.8 Å². The summed E-state index contributed by atoms with van der Waals surface area (Å²) >= 11 is 0. The Kier molecular flexibility index (Phi) is 4.24. The zero-order chi connectivity index (χ0) is 15.4. The minimum Gasteiger partial charge on any atom is -0.495 e. The third kappa shape index (κ3) is 3.03. The lowest BCUT2D eigenvalue weighted by Crippen LogP contribution is -2.08. The molecule has 0 aliphatic rings. The van der Waals surface area contributed by atoms with E-state index in [9.17, 15) is 5.26 Å². The highest BCUT2D eigenvalue weighted by atomic mass is 16.5. The van der Waals surface area contributed by atoms with Gasteiger partial charge >= 0.3 is 0 Å². The summed E-state index contributed by atoms with van der Waals surface area (Å²) in [4.78, 5) is 0. The van der Waals surface area contributed by atoms with Gasteiger partial charge in [-0.3, -0.25) is 0 Å². The van der Waals surface area contributed by atoms with Crippen LogP contribution in [0.2, 0.25) is 0 Å². The van der Waals surface area contributed by atoms with Crippen LogP contribution in [-0.2, 0) is 6.54 Å². The molecule has 0 aliphatic carbocycles. The van der Waals surface area contributed by atoms with Crippen LogP contribution in [0.4, 0.5) is 11.5 Å². The summed E-state index contributed by atoms with van der Waals surface area (Å²) in [5.41, 5.74) is 9.52. The maximum absolute atomic E-state index is 9.24. The molecule has 1 aromatic carbocycles. The molecule has 0 saturated heterocycles. The van der Waals surface area contributed by atoms with Gasteiger partial charge in [0.2, 0.25) is 0 Å². The minimum atomic E-state index is 0.481. The largest absolute Gasteiger partial charge is 0.495 e. The van der Waals surface area contributed by atoms with Gasteiger partial charge in [-0.25, -0.2) is 0 Å². The molecular weight excluding hydrogens is 266 g/mol. The average molecular weight is 283 g/mol. The molecule has 1 aromatic heterocycles. The molecule has 0 aliphatic heterocycles. The Morgan fingerprint density at radius 1 is 1.33 bits per heavy atom. The molecule has 0 saturated carbocycles. The van der Waals surface area contributed by atoms with Gasteiger partial charge < -0.3 is 15.8 Å². The highest BCUT2D eigenvalue weighted by molar-refractivity contribution is 5.57. The van der Waals surface area contributed by atoms with Crippen LogP contribution in [0.25, 0.3) is 0 Å². The van der Waals surface area contributed by atoms with E-state index in [0.717, 1.165) is 16.8 Å². The fourth-order valence-electron chi connectivity index (χ4n) is 1.95. The second-order valence-electron chi connectivity index (χ2n) is 4.68. The molecule has 6 heteroatoms. The van der Waals surface area contributed by atoms with Gasteiger partial charge in [0.25, 0.3) is 0 Å². The smallest absolute Gasteiger partial charge is 0.167 e. The molecule has 21 heavy (non-hydrogen) atoms. The molecule has 0 atom stereocenters. The highest BCUT2D eigenvalue weighted by Gasteiger charge is 2.10. The number of methoxy groups -OCH3 is 1. The van der Waals surface area contributed by atoms with Crippen LogP contribution in [0.5, 0.6) is 5.75 Å². The van der Waals surface area contributed by atoms with E-state index in [2.05, 4.69) is 21.6 Å². The van der Waals surface area contributed by atoms with Crippen LogP contribution in [0.1, 0.15) is 22.4 Å². The van der Waals surface area contributed by atoms with E-state index in [1.165, 1.54) is 0 Å². The van der Waals surface area contributed by atoms with Gasteiger partial charge in [-0.1, -0.05) is 6.07 Å². The monoisotopic (exact) mass is 283 g/mol. The molecule has 0 amide bonds. The summed E-state index contributed by atoms with van der Waals surface area (Å²) in [6.45, 7) is 4.19. The first-order valence-electron chi connectivity index (χ1n) is 6.47. The Bertz CT molecular complexity index is 706. The van der Waals surface area contributed by atoms with Crippen molar-refractivity contribution in [2.75, 3.05) is 18.2 Å². The number of ether oxygens (including phenoxy) is 1. The van der Waals surface area contributed by atoms with Gasteiger partial charge in [-0.2, -0.15) is 10.4 Å². The van der Waals surface area contributed by atoms with Gasteiger partial charge in [0.05, 0.1) is 18.5 Å². The summed E-state index contributed by atoms with van der Waals surface area (Å²) in [6.07, 6.45) is 0. The van der Waals surface area contributed by atoms with Gasteiger partial charge in [0.1, 0.15) is 17.4 Å². The molecule has 0 unspecified atom stereocenters. The predicted molar refractivity (Wildman–Crippen MR) is 81.0 cm³/mol. The standard InChI is InChI=1S/C15H17N5O/c1-9-10(2)19-20-15(12(9)7-16)18-8-11-4-5-14(21-3)13(17)6-11/h4-6H,8,17H2,1-3H3,(H,18,20). The molecular formula is C15H17N5O. The first kappa shape index (κ1) is 14.6.